The van der Waals surface area contributed by atoms with Gasteiger partial charge in [0, 0.05) is 16.9 Å². The molecule has 9 heteroatoms. The first-order valence-corrected chi connectivity index (χ1v) is 8.61. The molecule has 2 aromatic carbocycles. The van der Waals surface area contributed by atoms with E-state index in [-0.39, 0.29) is 12.4 Å². The van der Waals surface area contributed by atoms with Crippen molar-refractivity contribution in [3.05, 3.63) is 59.9 Å². The van der Waals surface area contributed by atoms with Crippen LogP contribution in [0.1, 0.15) is 12.5 Å². The minimum Gasteiger partial charge on any atom is -0.489 e. The zero-order chi connectivity index (χ0) is 19.4. The van der Waals surface area contributed by atoms with Crippen molar-refractivity contribution in [2.24, 2.45) is 0 Å². The molecule has 1 aliphatic rings. The van der Waals surface area contributed by atoms with E-state index in [1.165, 1.54) is 19.1 Å². The van der Waals surface area contributed by atoms with Gasteiger partial charge < -0.3 is 4.74 Å². The van der Waals surface area contributed by atoms with Crippen LogP contribution in [-0.2, 0) is 20.4 Å². The van der Waals surface area contributed by atoms with E-state index in [9.17, 15) is 18.8 Å². The molecule has 4 amide bonds. The second kappa shape index (κ2) is 7.77. The second-order valence-electron chi connectivity index (χ2n) is 5.82. The molecule has 3 rings (SSSR count). The smallest absolute Gasteiger partial charge is 0.328 e. The maximum absolute atomic E-state index is 12.9. The molecule has 7 nitrogen and oxygen atoms in total. The zero-order valence-electron chi connectivity index (χ0n) is 14.2. The van der Waals surface area contributed by atoms with Crippen LogP contribution in [0.5, 0.6) is 5.75 Å². The highest BCUT2D eigenvalue weighted by Gasteiger charge is 2.48. The predicted octanol–water partition coefficient (Wildman–Crippen LogP) is 2.55. The lowest BCUT2D eigenvalue weighted by atomic mass is 10.0. The number of imide groups is 2. The summed E-state index contributed by atoms with van der Waals surface area (Å²) in [6.45, 7) is 1.56. The summed E-state index contributed by atoms with van der Waals surface area (Å²) in [5, 5.41) is 3.98. The van der Waals surface area contributed by atoms with E-state index in [1.54, 1.807) is 36.4 Å². The lowest BCUT2D eigenvalue weighted by molar-refractivity contribution is -0.148. The number of halogens is 1. The number of urea groups is 1. The first kappa shape index (κ1) is 18.9. The van der Waals surface area contributed by atoms with Crippen LogP contribution in [0.3, 0.4) is 0 Å². The number of ether oxygens (including phenoxy) is 1. The molecule has 0 aromatic heterocycles. The first-order chi connectivity index (χ1) is 12.9. The Bertz CT molecular complexity index is 850. The molecule has 2 N–H and O–H groups in total. The van der Waals surface area contributed by atoms with Crippen LogP contribution in [0.2, 0.25) is 0 Å². The molecule has 0 unspecified atom stereocenters. The SMILES string of the molecule is CC1(OSc2ccc(OCc3ccc(F)cc3)cc2)C(=O)NC(=O)NC1=O. The Kier molecular flexibility index (Phi) is 5.43. The average Bonchev–Trinajstić information content (AvgIpc) is 2.65. The molecule has 0 spiro atoms. The molecule has 1 saturated heterocycles. The van der Waals surface area contributed by atoms with E-state index in [4.69, 9.17) is 8.92 Å². The fourth-order valence-electron chi connectivity index (χ4n) is 2.12. The van der Waals surface area contributed by atoms with Crippen LogP contribution in [-0.4, -0.2) is 23.4 Å². The van der Waals surface area contributed by atoms with Crippen molar-refractivity contribution in [1.29, 1.82) is 0 Å². The van der Waals surface area contributed by atoms with Gasteiger partial charge in [-0.3, -0.25) is 24.4 Å². The van der Waals surface area contributed by atoms with Gasteiger partial charge in [-0.05, 0) is 48.9 Å². The number of carbonyl (C=O) groups excluding carboxylic acids is 3. The van der Waals surface area contributed by atoms with E-state index in [1.807, 2.05) is 10.6 Å². The molecule has 1 heterocycles. The Hall–Kier alpha value is -2.91. The van der Waals surface area contributed by atoms with Crippen molar-refractivity contribution >= 4 is 29.9 Å². The van der Waals surface area contributed by atoms with Gasteiger partial charge in [0.15, 0.2) is 0 Å². The third-order valence-electron chi connectivity index (χ3n) is 3.77. The number of carbonyl (C=O) groups is 3. The summed E-state index contributed by atoms with van der Waals surface area (Å²) in [6, 6.07) is 11.9. The molecule has 140 valence electrons. The monoisotopic (exact) mass is 390 g/mol. The van der Waals surface area contributed by atoms with Gasteiger partial charge in [-0.25, -0.2) is 9.18 Å². The van der Waals surface area contributed by atoms with E-state index >= 15 is 0 Å². The van der Waals surface area contributed by atoms with Crippen LogP contribution in [0, 0.1) is 5.82 Å². The highest BCUT2D eigenvalue weighted by atomic mass is 32.2. The number of hydrogen-bond donors (Lipinski definition) is 2. The van der Waals surface area contributed by atoms with Gasteiger partial charge in [0.25, 0.3) is 11.8 Å². The average molecular weight is 390 g/mol. The molecule has 2 aromatic rings. The third kappa shape index (κ3) is 4.44. The van der Waals surface area contributed by atoms with Gasteiger partial charge in [0.05, 0.1) is 0 Å². The first-order valence-electron chi connectivity index (χ1n) is 7.87. The largest absolute Gasteiger partial charge is 0.489 e. The van der Waals surface area contributed by atoms with Crippen molar-refractivity contribution in [2.45, 2.75) is 24.0 Å². The summed E-state index contributed by atoms with van der Waals surface area (Å²) in [7, 11) is 0. The summed E-state index contributed by atoms with van der Waals surface area (Å²) in [4.78, 5) is 35.5. The number of amides is 4. The number of benzene rings is 2. The molecule has 1 fully saturated rings. The van der Waals surface area contributed by atoms with E-state index in [0.29, 0.717) is 10.6 Å². The maximum atomic E-state index is 12.9. The van der Waals surface area contributed by atoms with E-state index < -0.39 is 23.4 Å². The Balaban J connectivity index is 1.56. The van der Waals surface area contributed by atoms with Crippen LogP contribution >= 0.6 is 12.0 Å². The van der Waals surface area contributed by atoms with Crippen molar-refractivity contribution in [1.82, 2.24) is 10.6 Å². The van der Waals surface area contributed by atoms with Gasteiger partial charge in [-0.2, -0.15) is 0 Å². The second-order valence-corrected chi connectivity index (χ2v) is 6.63. The maximum Gasteiger partial charge on any atom is 0.328 e. The molecule has 0 saturated carbocycles. The Morgan fingerprint density at radius 1 is 0.963 bits per heavy atom. The van der Waals surface area contributed by atoms with Gasteiger partial charge in [0.1, 0.15) is 18.2 Å². The predicted molar refractivity (Wildman–Crippen MR) is 94.2 cm³/mol. The van der Waals surface area contributed by atoms with Gasteiger partial charge >= 0.3 is 6.03 Å². The Morgan fingerprint density at radius 3 is 2.15 bits per heavy atom. The van der Waals surface area contributed by atoms with Gasteiger partial charge in [-0.1, -0.05) is 12.1 Å². The highest BCUT2D eigenvalue weighted by molar-refractivity contribution is 7.94. The lowest BCUT2D eigenvalue weighted by Gasteiger charge is -2.29. The van der Waals surface area contributed by atoms with Crippen molar-refractivity contribution in [3.63, 3.8) is 0 Å². The number of barbiturate groups is 1. The molecule has 0 radical (unpaired) electrons. The fraction of sp³-hybridized carbons (Fsp3) is 0.167. The number of hydrogen-bond acceptors (Lipinski definition) is 6. The summed E-state index contributed by atoms with van der Waals surface area (Å²) in [5.41, 5.74) is -0.994. The third-order valence-corrected chi connectivity index (χ3v) is 4.65. The summed E-state index contributed by atoms with van der Waals surface area (Å²) >= 11 is 0.829. The van der Waals surface area contributed by atoms with Crippen molar-refractivity contribution in [2.75, 3.05) is 0 Å². The standard InChI is InChI=1S/C18H15FN2O5S/c1-18(15(22)20-17(24)21-16(18)23)26-27-14-8-6-13(7-9-14)25-10-11-2-4-12(19)5-3-11/h2-9H,10H2,1H3,(H2,20,21,22,23,24). The van der Waals surface area contributed by atoms with Crippen LogP contribution < -0.4 is 15.4 Å². The van der Waals surface area contributed by atoms with E-state index in [2.05, 4.69) is 0 Å². The molecule has 27 heavy (non-hydrogen) atoms. The number of rotatable bonds is 6. The number of nitrogens with one attached hydrogen (secondary N) is 2. The Labute approximate surface area is 158 Å². The summed E-state index contributed by atoms with van der Waals surface area (Å²) < 4.78 is 23.9. The molecule has 1 aliphatic heterocycles. The molecular formula is C18H15FN2O5S. The Morgan fingerprint density at radius 2 is 1.56 bits per heavy atom. The normalized spacial score (nSPS) is 15.9. The van der Waals surface area contributed by atoms with Crippen molar-refractivity contribution < 1.29 is 27.7 Å². The minimum atomic E-state index is -1.82. The molecule has 0 bridgehead atoms. The van der Waals surface area contributed by atoms with Crippen LogP contribution in [0.15, 0.2) is 53.4 Å². The fourth-order valence-corrected chi connectivity index (χ4v) is 2.79. The quantitative estimate of drug-likeness (QED) is 0.582. The molecular weight excluding hydrogens is 375 g/mol. The zero-order valence-corrected chi connectivity index (χ0v) is 15.0. The van der Waals surface area contributed by atoms with Crippen LogP contribution in [0.4, 0.5) is 9.18 Å². The van der Waals surface area contributed by atoms with Crippen LogP contribution in [0.25, 0.3) is 0 Å². The minimum absolute atomic E-state index is 0.287. The van der Waals surface area contributed by atoms with Crippen molar-refractivity contribution in [3.8, 4) is 5.75 Å². The topological polar surface area (TPSA) is 93.7 Å². The van der Waals surface area contributed by atoms with E-state index in [0.717, 1.165) is 17.6 Å². The molecule has 0 atom stereocenters. The summed E-state index contributed by atoms with van der Waals surface area (Å²) in [6.07, 6.45) is 0. The molecule has 0 aliphatic carbocycles. The summed E-state index contributed by atoms with van der Waals surface area (Å²) in [5.74, 6) is -1.38. The van der Waals surface area contributed by atoms with Gasteiger partial charge in [-0.15, -0.1) is 0 Å². The lowest BCUT2D eigenvalue weighted by Crippen LogP contribution is -2.65. The highest BCUT2D eigenvalue weighted by Crippen LogP contribution is 2.29. The van der Waals surface area contributed by atoms with Gasteiger partial charge in [0.2, 0.25) is 5.60 Å².